The van der Waals surface area contributed by atoms with Gasteiger partial charge in [-0.25, -0.2) is 4.98 Å². The first kappa shape index (κ1) is 13.3. The van der Waals surface area contributed by atoms with Crippen LogP contribution >= 0.6 is 23.1 Å². The monoisotopic (exact) mass is 309 g/mol. The molecule has 0 saturated carbocycles. The van der Waals surface area contributed by atoms with E-state index in [9.17, 15) is 0 Å². The van der Waals surface area contributed by atoms with E-state index >= 15 is 0 Å². The molecule has 0 N–H and O–H groups in total. The average Bonchev–Trinajstić information content (AvgIpc) is 3.08. The Balaban J connectivity index is 1.72. The third-order valence-corrected chi connectivity index (χ3v) is 4.26. The molecule has 0 fully saturated rings. The molecule has 0 radical (unpaired) electrons. The standard InChI is InChI=1S/C11H11N5O2S2/c1-5-9(20-7(3)12-5)10-15-16-11(18-10)19-4-8-14-13-6(2)17-8/h4H2,1-3H3. The minimum absolute atomic E-state index is 0.473. The summed E-state index contributed by atoms with van der Waals surface area (Å²) in [6, 6.07) is 0. The smallest absolute Gasteiger partial charge is 0.277 e. The van der Waals surface area contributed by atoms with E-state index in [1.54, 1.807) is 18.3 Å². The van der Waals surface area contributed by atoms with Crippen molar-refractivity contribution in [1.29, 1.82) is 0 Å². The predicted octanol–water partition coefficient (Wildman–Crippen LogP) is 2.79. The molecule has 3 aromatic heterocycles. The summed E-state index contributed by atoms with van der Waals surface area (Å²) in [6.07, 6.45) is 0. The number of hydrogen-bond acceptors (Lipinski definition) is 9. The van der Waals surface area contributed by atoms with E-state index in [1.807, 2.05) is 13.8 Å². The Morgan fingerprint density at radius 3 is 2.55 bits per heavy atom. The van der Waals surface area contributed by atoms with E-state index in [0.29, 0.717) is 28.6 Å². The molecule has 0 saturated heterocycles. The molecular weight excluding hydrogens is 298 g/mol. The minimum Gasteiger partial charge on any atom is -0.425 e. The van der Waals surface area contributed by atoms with Crippen LogP contribution in [0.15, 0.2) is 14.1 Å². The Kier molecular flexibility index (Phi) is 3.53. The third kappa shape index (κ3) is 2.73. The zero-order valence-electron chi connectivity index (χ0n) is 11.1. The minimum atomic E-state index is 0.473. The van der Waals surface area contributed by atoms with E-state index in [-0.39, 0.29) is 0 Å². The maximum absolute atomic E-state index is 5.61. The maximum Gasteiger partial charge on any atom is 0.277 e. The average molecular weight is 309 g/mol. The quantitative estimate of drug-likeness (QED) is 0.679. The highest BCUT2D eigenvalue weighted by Gasteiger charge is 2.15. The Labute approximate surface area is 122 Å². The van der Waals surface area contributed by atoms with Gasteiger partial charge in [0.1, 0.15) is 4.88 Å². The normalized spacial score (nSPS) is 11.2. The molecule has 0 amide bonds. The van der Waals surface area contributed by atoms with Crippen molar-refractivity contribution in [2.45, 2.75) is 31.7 Å². The summed E-state index contributed by atoms with van der Waals surface area (Å²) < 4.78 is 10.9. The summed E-state index contributed by atoms with van der Waals surface area (Å²) in [6.45, 7) is 5.63. The van der Waals surface area contributed by atoms with Gasteiger partial charge in [0.25, 0.3) is 11.1 Å². The molecule has 20 heavy (non-hydrogen) atoms. The maximum atomic E-state index is 5.61. The second-order valence-electron chi connectivity index (χ2n) is 4.02. The lowest BCUT2D eigenvalue weighted by Gasteiger charge is -1.91. The van der Waals surface area contributed by atoms with Crippen molar-refractivity contribution >= 4 is 23.1 Å². The summed E-state index contributed by atoms with van der Waals surface area (Å²) in [4.78, 5) is 5.26. The molecule has 3 aromatic rings. The first-order valence-corrected chi connectivity index (χ1v) is 7.61. The van der Waals surface area contributed by atoms with Gasteiger partial charge in [-0.05, 0) is 13.8 Å². The Hall–Kier alpha value is -1.74. The van der Waals surface area contributed by atoms with Gasteiger partial charge in [0.2, 0.25) is 11.8 Å². The second-order valence-corrected chi connectivity index (χ2v) is 6.15. The topological polar surface area (TPSA) is 90.7 Å². The summed E-state index contributed by atoms with van der Waals surface area (Å²) in [5.74, 6) is 2.08. The highest BCUT2D eigenvalue weighted by atomic mass is 32.2. The molecule has 0 aromatic carbocycles. The van der Waals surface area contributed by atoms with E-state index in [0.717, 1.165) is 15.6 Å². The zero-order valence-corrected chi connectivity index (χ0v) is 12.7. The summed E-state index contributed by atoms with van der Waals surface area (Å²) in [7, 11) is 0. The van der Waals surface area contributed by atoms with Crippen LogP contribution in [0.25, 0.3) is 10.8 Å². The van der Waals surface area contributed by atoms with Gasteiger partial charge in [0.05, 0.1) is 16.5 Å². The molecule has 0 aliphatic heterocycles. The van der Waals surface area contributed by atoms with Crippen LogP contribution < -0.4 is 0 Å². The van der Waals surface area contributed by atoms with Gasteiger partial charge in [0, 0.05) is 6.92 Å². The number of hydrogen-bond donors (Lipinski definition) is 0. The van der Waals surface area contributed by atoms with Gasteiger partial charge >= 0.3 is 0 Å². The number of aryl methyl sites for hydroxylation is 3. The summed E-state index contributed by atoms with van der Waals surface area (Å²) in [5.41, 5.74) is 0.903. The lowest BCUT2D eigenvalue weighted by molar-refractivity contribution is 0.462. The fraction of sp³-hybridized carbons (Fsp3) is 0.364. The molecule has 0 aliphatic carbocycles. The van der Waals surface area contributed by atoms with Crippen molar-refractivity contribution in [2.24, 2.45) is 0 Å². The van der Waals surface area contributed by atoms with Crippen LogP contribution in [-0.2, 0) is 5.75 Å². The van der Waals surface area contributed by atoms with Crippen molar-refractivity contribution in [3.05, 3.63) is 22.5 Å². The Bertz CT molecular complexity index is 733. The largest absolute Gasteiger partial charge is 0.425 e. The molecule has 0 aliphatic rings. The van der Waals surface area contributed by atoms with Crippen LogP contribution in [0.2, 0.25) is 0 Å². The molecule has 9 heteroatoms. The van der Waals surface area contributed by atoms with Gasteiger partial charge in [0.15, 0.2) is 0 Å². The number of rotatable bonds is 4. The number of aromatic nitrogens is 5. The lowest BCUT2D eigenvalue weighted by Crippen LogP contribution is -1.80. The fourth-order valence-corrected chi connectivity index (χ4v) is 3.05. The molecule has 0 atom stereocenters. The van der Waals surface area contributed by atoms with Crippen molar-refractivity contribution in [1.82, 2.24) is 25.4 Å². The molecule has 0 unspecified atom stereocenters. The zero-order chi connectivity index (χ0) is 14.1. The summed E-state index contributed by atoms with van der Waals surface area (Å²) in [5, 5.41) is 17.2. The van der Waals surface area contributed by atoms with Crippen LogP contribution in [0.4, 0.5) is 0 Å². The van der Waals surface area contributed by atoms with Gasteiger partial charge in [-0.2, -0.15) is 0 Å². The highest BCUT2D eigenvalue weighted by Crippen LogP contribution is 2.31. The van der Waals surface area contributed by atoms with Gasteiger partial charge in [-0.15, -0.1) is 31.7 Å². The van der Waals surface area contributed by atoms with E-state index in [2.05, 4.69) is 25.4 Å². The molecular formula is C11H11N5O2S2. The number of nitrogens with zero attached hydrogens (tertiary/aromatic N) is 5. The number of thioether (sulfide) groups is 1. The van der Waals surface area contributed by atoms with Crippen molar-refractivity contribution in [2.75, 3.05) is 0 Å². The second kappa shape index (κ2) is 5.33. The van der Waals surface area contributed by atoms with Crippen LogP contribution in [0.3, 0.4) is 0 Å². The van der Waals surface area contributed by atoms with Gasteiger partial charge in [-0.3, -0.25) is 0 Å². The van der Waals surface area contributed by atoms with E-state index in [4.69, 9.17) is 8.83 Å². The summed E-state index contributed by atoms with van der Waals surface area (Å²) >= 11 is 2.90. The van der Waals surface area contributed by atoms with Crippen molar-refractivity contribution < 1.29 is 8.83 Å². The molecule has 3 heterocycles. The Morgan fingerprint density at radius 2 is 1.90 bits per heavy atom. The van der Waals surface area contributed by atoms with Gasteiger partial charge in [-0.1, -0.05) is 11.8 Å². The Morgan fingerprint density at radius 1 is 1.05 bits per heavy atom. The van der Waals surface area contributed by atoms with Crippen LogP contribution in [0.1, 0.15) is 22.5 Å². The molecule has 104 valence electrons. The SMILES string of the molecule is Cc1nnc(CSc2nnc(-c3sc(C)nc3C)o2)o1. The molecule has 3 rings (SSSR count). The van der Waals surface area contributed by atoms with Gasteiger partial charge < -0.3 is 8.83 Å². The van der Waals surface area contributed by atoms with E-state index in [1.165, 1.54) is 11.8 Å². The first-order valence-electron chi connectivity index (χ1n) is 5.81. The first-order chi connectivity index (χ1) is 9.61. The van der Waals surface area contributed by atoms with E-state index < -0.39 is 0 Å². The fourth-order valence-electron chi connectivity index (χ4n) is 1.61. The van der Waals surface area contributed by atoms with Crippen LogP contribution in [-0.4, -0.2) is 25.4 Å². The number of thiazole rings is 1. The third-order valence-electron chi connectivity index (χ3n) is 2.39. The molecule has 0 bridgehead atoms. The van der Waals surface area contributed by atoms with Crippen molar-refractivity contribution in [3.63, 3.8) is 0 Å². The lowest BCUT2D eigenvalue weighted by atomic mass is 10.4. The molecule has 7 nitrogen and oxygen atoms in total. The predicted molar refractivity (Wildman–Crippen MR) is 73.5 cm³/mol. The van der Waals surface area contributed by atoms with Crippen LogP contribution in [0, 0.1) is 20.8 Å². The van der Waals surface area contributed by atoms with Crippen molar-refractivity contribution in [3.8, 4) is 10.8 Å². The highest BCUT2D eigenvalue weighted by molar-refractivity contribution is 7.98. The van der Waals surface area contributed by atoms with Crippen LogP contribution in [0.5, 0.6) is 0 Å². The molecule has 0 spiro atoms.